The lowest BCUT2D eigenvalue weighted by atomic mass is 10.2. The average molecular weight is 293 g/mol. The molecule has 0 aliphatic rings. The third-order valence-corrected chi connectivity index (χ3v) is 3.81. The van der Waals surface area contributed by atoms with Crippen LogP contribution in [0, 0.1) is 11.3 Å². The standard InChI is InChI=1S/C15H11N5S/c1-10(12-4-2-3-7-17-12)19-20-15-18-13-8-11(9-16)5-6-14(13)21-15/h2-8H,1H3,(H,18,20)/b19-10+. The number of nitriles is 1. The van der Waals surface area contributed by atoms with Crippen molar-refractivity contribution in [1.29, 1.82) is 5.26 Å². The number of rotatable bonds is 3. The van der Waals surface area contributed by atoms with E-state index in [1.165, 1.54) is 11.3 Å². The molecule has 1 N–H and O–H groups in total. The maximum absolute atomic E-state index is 8.89. The Balaban J connectivity index is 1.84. The SMILES string of the molecule is C/C(=N\Nc1nc2cc(C#N)ccc2s1)c1ccccn1. The summed E-state index contributed by atoms with van der Waals surface area (Å²) < 4.78 is 1.02. The molecule has 0 saturated carbocycles. The zero-order valence-electron chi connectivity index (χ0n) is 11.2. The van der Waals surface area contributed by atoms with Gasteiger partial charge in [0.25, 0.3) is 0 Å². The molecule has 0 fully saturated rings. The molecule has 0 bridgehead atoms. The molecule has 0 saturated heterocycles. The molecule has 0 atom stereocenters. The van der Waals surface area contributed by atoms with Crippen LogP contribution in [0.5, 0.6) is 0 Å². The van der Waals surface area contributed by atoms with Crippen molar-refractivity contribution in [2.75, 3.05) is 5.43 Å². The van der Waals surface area contributed by atoms with E-state index < -0.39 is 0 Å². The second-order valence-corrected chi connectivity index (χ2v) is 5.37. The smallest absolute Gasteiger partial charge is 0.204 e. The zero-order valence-corrected chi connectivity index (χ0v) is 12.1. The fourth-order valence-corrected chi connectivity index (χ4v) is 2.60. The predicted molar refractivity (Wildman–Crippen MR) is 84.4 cm³/mol. The van der Waals surface area contributed by atoms with Gasteiger partial charge in [0.2, 0.25) is 5.13 Å². The van der Waals surface area contributed by atoms with E-state index in [2.05, 4.69) is 26.6 Å². The van der Waals surface area contributed by atoms with E-state index in [1.54, 1.807) is 18.3 Å². The minimum Gasteiger partial charge on any atom is -0.255 e. The molecule has 102 valence electrons. The van der Waals surface area contributed by atoms with Crippen molar-refractivity contribution in [1.82, 2.24) is 9.97 Å². The molecule has 0 aliphatic heterocycles. The van der Waals surface area contributed by atoms with Crippen molar-refractivity contribution in [2.45, 2.75) is 6.92 Å². The van der Waals surface area contributed by atoms with Crippen molar-refractivity contribution in [2.24, 2.45) is 5.10 Å². The molecular formula is C15H11N5S. The number of pyridine rings is 1. The normalized spacial score (nSPS) is 11.3. The molecule has 2 aromatic heterocycles. The van der Waals surface area contributed by atoms with Crippen molar-refractivity contribution >= 4 is 32.4 Å². The molecule has 6 heteroatoms. The summed E-state index contributed by atoms with van der Waals surface area (Å²) in [5, 5.41) is 13.9. The van der Waals surface area contributed by atoms with Crippen LogP contribution in [0.3, 0.4) is 0 Å². The number of aromatic nitrogens is 2. The first-order valence-corrected chi connectivity index (χ1v) is 7.10. The molecule has 0 amide bonds. The number of hydrogen-bond donors (Lipinski definition) is 1. The number of nitrogens with one attached hydrogen (secondary N) is 1. The van der Waals surface area contributed by atoms with E-state index in [0.29, 0.717) is 10.7 Å². The topological polar surface area (TPSA) is 74.0 Å². The Hall–Kier alpha value is -2.78. The third kappa shape index (κ3) is 2.88. The third-order valence-electron chi connectivity index (χ3n) is 2.87. The number of hydrazone groups is 1. The van der Waals surface area contributed by atoms with Crippen LogP contribution >= 0.6 is 11.3 Å². The number of fused-ring (bicyclic) bond motifs is 1. The lowest BCUT2D eigenvalue weighted by Crippen LogP contribution is -2.01. The van der Waals surface area contributed by atoms with Gasteiger partial charge in [0.15, 0.2) is 0 Å². The van der Waals surface area contributed by atoms with E-state index in [9.17, 15) is 0 Å². The molecule has 0 radical (unpaired) electrons. The van der Waals surface area contributed by atoms with Gasteiger partial charge < -0.3 is 0 Å². The first kappa shape index (κ1) is 13.2. The van der Waals surface area contributed by atoms with Crippen LogP contribution in [0.15, 0.2) is 47.7 Å². The molecule has 2 heterocycles. The van der Waals surface area contributed by atoms with Gasteiger partial charge in [-0.15, -0.1) is 0 Å². The second kappa shape index (κ2) is 5.69. The molecule has 3 rings (SSSR count). The maximum Gasteiger partial charge on any atom is 0.204 e. The molecule has 1 aromatic carbocycles. The van der Waals surface area contributed by atoms with Crippen molar-refractivity contribution < 1.29 is 0 Å². The highest BCUT2D eigenvalue weighted by atomic mass is 32.1. The van der Waals surface area contributed by atoms with Crippen LogP contribution in [-0.4, -0.2) is 15.7 Å². The minimum atomic E-state index is 0.604. The molecule has 3 aromatic rings. The summed E-state index contributed by atoms with van der Waals surface area (Å²) in [6.45, 7) is 1.89. The van der Waals surface area contributed by atoms with Crippen LogP contribution < -0.4 is 5.43 Å². The lowest BCUT2D eigenvalue weighted by molar-refractivity contribution is 1.24. The number of hydrogen-bond acceptors (Lipinski definition) is 6. The average Bonchev–Trinajstić information content (AvgIpc) is 2.95. The number of nitrogens with zero attached hydrogens (tertiary/aromatic N) is 4. The van der Waals surface area contributed by atoms with E-state index in [4.69, 9.17) is 5.26 Å². The highest BCUT2D eigenvalue weighted by molar-refractivity contribution is 7.22. The summed E-state index contributed by atoms with van der Waals surface area (Å²) in [5.74, 6) is 0. The van der Waals surface area contributed by atoms with Crippen LogP contribution in [-0.2, 0) is 0 Å². The molecular weight excluding hydrogens is 282 g/mol. The Morgan fingerprint density at radius 2 is 2.24 bits per heavy atom. The number of benzene rings is 1. The van der Waals surface area contributed by atoms with Gasteiger partial charge in [-0.05, 0) is 37.3 Å². The highest BCUT2D eigenvalue weighted by Gasteiger charge is 2.04. The highest BCUT2D eigenvalue weighted by Crippen LogP contribution is 2.26. The Morgan fingerprint density at radius 1 is 1.33 bits per heavy atom. The number of thiazole rings is 1. The van der Waals surface area contributed by atoms with Gasteiger partial charge in [-0.3, -0.25) is 10.4 Å². The Kier molecular flexibility index (Phi) is 3.58. The lowest BCUT2D eigenvalue weighted by Gasteiger charge is -1.99. The van der Waals surface area contributed by atoms with Crippen LogP contribution in [0.2, 0.25) is 0 Å². The van der Waals surface area contributed by atoms with Crippen LogP contribution in [0.1, 0.15) is 18.2 Å². The summed E-state index contributed by atoms with van der Waals surface area (Å²) in [5.41, 5.74) is 5.95. The second-order valence-electron chi connectivity index (χ2n) is 4.34. The van der Waals surface area contributed by atoms with E-state index in [1.807, 2.05) is 31.2 Å². The van der Waals surface area contributed by atoms with E-state index >= 15 is 0 Å². The van der Waals surface area contributed by atoms with Crippen LogP contribution in [0.4, 0.5) is 5.13 Å². The maximum atomic E-state index is 8.89. The summed E-state index contributed by atoms with van der Waals surface area (Å²) in [4.78, 5) is 8.65. The van der Waals surface area contributed by atoms with Gasteiger partial charge in [0.1, 0.15) is 0 Å². The summed E-state index contributed by atoms with van der Waals surface area (Å²) in [6, 6.07) is 13.2. The molecule has 21 heavy (non-hydrogen) atoms. The van der Waals surface area contributed by atoms with Gasteiger partial charge in [-0.1, -0.05) is 17.4 Å². The molecule has 0 spiro atoms. The Labute approximate surface area is 125 Å². The monoisotopic (exact) mass is 293 g/mol. The minimum absolute atomic E-state index is 0.604. The summed E-state index contributed by atoms with van der Waals surface area (Å²) in [6.07, 6.45) is 1.73. The Morgan fingerprint density at radius 3 is 3.00 bits per heavy atom. The van der Waals surface area contributed by atoms with Gasteiger partial charge in [0, 0.05) is 6.20 Å². The van der Waals surface area contributed by atoms with Crippen molar-refractivity contribution in [3.63, 3.8) is 0 Å². The van der Waals surface area contributed by atoms with E-state index in [0.717, 1.165) is 21.6 Å². The van der Waals surface area contributed by atoms with Crippen molar-refractivity contribution in [3.8, 4) is 6.07 Å². The first-order valence-electron chi connectivity index (χ1n) is 6.28. The number of anilines is 1. The van der Waals surface area contributed by atoms with Gasteiger partial charge >= 0.3 is 0 Å². The molecule has 0 unspecified atom stereocenters. The molecule has 5 nitrogen and oxygen atoms in total. The predicted octanol–water partition coefficient (Wildman–Crippen LogP) is 3.40. The first-order chi connectivity index (χ1) is 10.3. The largest absolute Gasteiger partial charge is 0.255 e. The van der Waals surface area contributed by atoms with Gasteiger partial charge in [-0.25, -0.2) is 4.98 Å². The fourth-order valence-electron chi connectivity index (χ4n) is 1.81. The summed E-state index contributed by atoms with van der Waals surface area (Å²) in [7, 11) is 0. The summed E-state index contributed by atoms with van der Waals surface area (Å²) >= 11 is 1.49. The molecule has 0 aliphatic carbocycles. The van der Waals surface area contributed by atoms with Crippen LogP contribution in [0.25, 0.3) is 10.2 Å². The van der Waals surface area contributed by atoms with Gasteiger partial charge in [0.05, 0.1) is 33.3 Å². The van der Waals surface area contributed by atoms with E-state index in [-0.39, 0.29) is 0 Å². The Bertz CT molecular complexity index is 845. The zero-order chi connectivity index (χ0) is 14.7. The van der Waals surface area contributed by atoms with Gasteiger partial charge in [-0.2, -0.15) is 10.4 Å². The quantitative estimate of drug-likeness (QED) is 0.593. The van der Waals surface area contributed by atoms with Crippen molar-refractivity contribution in [3.05, 3.63) is 53.9 Å². The fraction of sp³-hybridized carbons (Fsp3) is 0.0667.